The minimum Gasteiger partial charge on any atom is -0.289 e. The Balaban J connectivity index is 2.04. The molecule has 0 atom stereocenters. The van der Waals surface area contributed by atoms with E-state index in [-0.39, 0.29) is 11.5 Å². The van der Waals surface area contributed by atoms with Gasteiger partial charge in [-0.2, -0.15) is 0 Å². The molecule has 2 aromatic carbocycles. The van der Waals surface area contributed by atoms with Crippen LogP contribution in [0.2, 0.25) is 0 Å². The van der Waals surface area contributed by atoms with Gasteiger partial charge >= 0.3 is 0 Å². The number of ketones is 1. The molecule has 0 heterocycles. The summed E-state index contributed by atoms with van der Waals surface area (Å²) in [6.07, 6.45) is 1.18. The molecular formula is C17H18ClNO3S. The van der Waals surface area contributed by atoms with E-state index < -0.39 is 10.0 Å². The van der Waals surface area contributed by atoms with Crippen LogP contribution in [0, 0.1) is 0 Å². The molecule has 0 aliphatic rings. The summed E-state index contributed by atoms with van der Waals surface area (Å²) in [5.74, 6) is 0.387. The van der Waals surface area contributed by atoms with Crippen molar-refractivity contribution in [3.63, 3.8) is 0 Å². The summed E-state index contributed by atoms with van der Waals surface area (Å²) < 4.78 is 26.3. The van der Waals surface area contributed by atoms with Gasteiger partial charge in [0, 0.05) is 22.7 Å². The number of rotatable bonds is 8. The van der Waals surface area contributed by atoms with E-state index in [4.69, 9.17) is 11.6 Å². The number of carbonyl (C=O) groups is 1. The second-order valence-electron chi connectivity index (χ2n) is 5.09. The Bertz CT molecular complexity index is 743. The van der Waals surface area contributed by atoms with Gasteiger partial charge in [0.2, 0.25) is 10.0 Å². The number of hydrogen-bond donors (Lipinski definition) is 1. The lowest BCUT2D eigenvalue weighted by molar-refractivity contribution is 0.103. The first-order valence-electron chi connectivity index (χ1n) is 7.28. The molecule has 0 spiro atoms. The Morgan fingerprint density at radius 1 is 0.913 bits per heavy atom. The largest absolute Gasteiger partial charge is 0.289 e. The highest BCUT2D eigenvalue weighted by atomic mass is 35.5. The molecule has 0 fully saturated rings. The molecule has 2 aromatic rings. The standard InChI is InChI=1S/C17H18ClNO3S/c18-12-4-5-13-23(21,22)19-16-10-8-15(9-11-16)17(20)14-6-2-1-3-7-14/h1-3,6-11,19H,4-5,12-13H2. The number of benzene rings is 2. The van der Waals surface area contributed by atoms with Gasteiger partial charge in [-0.05, 0) is 37.1 Å². The lowest BCUT2D eigenvalue weighted by Crippen LogP contribution is -2.16. The van der Waals surface area contributed by atoms with Gasteiger partial charge in [0.1, 0.15) is 0 Å². The molecule has 0 saturated carbocycles. The van der Waals surface area contributed by atoms with Crippen molar-refractivity contribution >= 4 is 33.1 Å². The first kappa shape index (κ1) is 17.5. The highest BCUT2D eigenvalue weighted by Gasteiger charge is 2.12. The Morgan fingerprint density at radius 2 is 1.52 bits per heavy atom. The maximum absolute atomic E-state index is 12.3. The van der Waals surface area contributed by atoms with E-state index in [1.165, 1.54) is 0 Å². The third kappa shape index (κ3) is 5.37. The van der Waals surface area contributed by atoms with Gasteiger partial charge in [0.25, 0.3) is 0 Å². The molecule has 0 aliphatic carbocycles. The number of unbranched alkanes of at least 4 members (excludes halogenated alkanes) is 1. The van der Waals surface area contributed by atoms with Gasteiger partial charge in [-0.3, -0.25) is 9.52 Å². The van der Waals surface area contributed by atoms with Gasteiger partial charge in [-0.1, -0.05) is 30.3 Å². The Kier molecular flexibility index (Phi) is 6.19. The van der Waals surface area contributed by atoms with E-state index >= 15 is 0 Å². The number of hydrogen-bond acceptors (Lipinski definition) is 3. The second kappa shape index (κ2) is 8.13. The van der Waals surface area contributed by atoms with Crippen LogP contribution in [0.15, 0.2) is 54.6 Å². The number of sulfonamides is 1. The van der Waals surface area contributed by atoms with Crippen LogP contribution in [0.3, 0.4) is 0 Å². The molecule has 0 amide bonds. The minimum absolute atomic E-state index is 0.0322. The van der Waals surface area contributed by atoms with Crippen LogP contribution in [-0.2, 0) is 10.0 Å². The SMILES string of the molecule is O=C(c1ccccc1)c1ccc(NS(=O)(=O)CCCCCl)cc1. The van der Waals surface area contributed by atoms with Crippen LogP contribution in [0.25, 0.3) is 0 Å². The van der Waals surface area contributed by atoms with E-state index in [0.717, 1.165) is 0 Å². The van der Waals surface area contributed by atoms with Crippen molar-refractivity contribution in [2.24, 2.45) is 0 Å². The van der Waals surface area contributed by atoms with E-state index in [0.29, 0.717) is 35.5 Å². The first-order valence-corrected chi connectivity index (χ1v) is 9.47. The quantitative estimate of drug-likeness (QED) is 0.448. The lowest BCUT2D eigenvalue weighted by Gasteiger charge is -2.08. The second-order valence-corrected chi connectivity index (χ2v) is 7.31. The average Bonchev–Trinajstić information content (AvgIpc) is 2.55. The topological polar surface area (TPSA) is 63.2 Å². The fourth-order valence-electron chi connectivity index (χ4n) is 2.06. The van der Waals surface area contributed by atoms with E-state index in [1.807, 2.05) is 6.07 Å². The maximum Gasteiger partial charge on any atom is 0.232 e. The summed E-state index contributed by atoms with van der Waals surface area (Å²) in [7, 11) is -3.39. The van der Waals surface area contributed by atoms with E-state index in [9.17, 15) is 13.2 Å². The highest BCUT2D eigenvalue weighted by molar-refractivity contribution is 7.92. The molecule has 1 N–H and O–H groups in total. The molecule has 2 rings (SSSR count). The molecule has 4 nitrogen and oxygen atoms in total. The predicted octanol–water partition coefficient (Wildman–Crippen LogP) is 3.68. The van der Waals surface area contributed by atoms with Crippen LogP contribution in [0.4, 0.5) is 5.69 Å². The smallest absolute Gasteiger partial charge is 0.232 e. The zero-order chi connectivity index (χ0) is 16.7. The Morgan fingerprint density at radius 3 is 2.13 bits per heavy atom. The van der Waals surface area contributed by atoms with Crippen molar-refractivity contribution in [3.05, 3.63) is 65.7 Å². The fraction of sp³-hybridized carbons (Fsp3) is 0.235. The Hall–Kier alpha value is -1.85. The normalized spacial score (nSPS) is 11.2. The van der Waals surface area contributed by atoms with Crippen LogP contribution >= 0.6 is 11.6 Å². The zero-order valence-electron chi connectivity index (χ0n) is 12.5. The minimum atomic E-state index is -3.39. The van der Waals surface area contributed by atoms with Crippen LogP contribution in [0.1, 0.15) is 28.8 Å². The number of anilines is 1. The predicted molar refractivity (Wildman–Crippen MR) is 93.7 cm³/mol. The third-order valence-corrected chi connectivity index (χ3v) is 4.89. The monoisotopic (exact) mass is 351 g/mol. The van der Waals surface area contributed by atoms with Crippen molar-refractivity contribution in [3.8, 4) is 0 Å². The number of halogens is 1. The van der Waals surface area contributed by atoms with Gasteiger partial charge in [0.15, 0.2) is 5.78 Å². The number of carbonyl (C=O) groups excluding carboxylic acids is 1. The summed E-state index contributed by atoms with van der Waals surface area (Å²) in [5, 5.41) is 0. The summed E-state index contributed by atoms with van der Waals surface area (Å²) in [6.45, 7) is 0. The molecule has 122 valence electrons. The molecule has 0 aromatic heterocycles. The molecule has 0 radical (unpaired) electrons. The summed E-state index contributed by atoms with van der Waals surface area (Å²) in [5.41, 5.74) is 1.56. The molecule has 0 saturated heterocycles. The molecule has 0 aliphatic heterocycles. The van der Waals surface area contributed by atoms with Crippen molar-refractivity contribution < 1.29 is 13.2 Å². The van der Waals surface area contributed by atoms with Crippen molar-refractivity contribution in [2.75, 3.05) is 16.4 Å². The highest BCUT2D eigenvalue weighted by Crippen LogP contribution is 2.15. The zero-order valence-corrected chi connectivity index (χ0v) is 14.1. The molecule has 6 heteroatoms. The maximum atomic E-state index is 12.3. The van der Waals surface area contributed by atoms with E-state index in [1.54, 1.807) is 48.5 Å². The van der Waals surface area contributed by atoms with Crippen LogP contribution < -0.4 is 4.72 Å². The number of alkyl halides is 1. The summed E-state index contributed by atoms with van der Waals surface area (Å²) >= 11 is 5.54. The molecular weight excluding hydrogens is 334 g/mol. The van der Waals surface area contributed by atoms with Crippen molar-refractivity contribution in [2.45, 2.75) is 12.8 Å². The van der Waals surface area contributed by atoms with Crippen LogP contribution in [0.5, 0.6) is 0 Å². The summed E-state index contributed by atoms with van der Waals surface area (Å²) in [6, 6.07) is 15.4. The molecule has 0 unspecified atom stereocenters. The van der Waals surface area contributed by atoms with E-state index in [2.05, 4.69) is 4.72 Å². The third-order valence-electron chi connectivity index (χ3n) is 3.25. The first-order chi connectivity index (χ1) is 11.0. The summed E-state index contributed by atoms with van der Waals surface area (Å²) in [4.78, 5) is 12.3. The van der Waals surface area contributed by atoms with Gasteiger partial charge < -0.3 is 0 Å². The average molecular weight is 352 g/mol. The fourth-order valence-corrected chi connectivity index (χ4v) is 3.43. The van der Waals surface area contributed by atoms with Gasteiger partial charge in [-0.25, -0.2) is 8.42 Å². The molecule has 0 bridgehead atoms. The molecule has 23 heavy (non-hydrogen) atoms. The Labute approximate surface area is 141 Å². The van der Waals surface area contributed by atoms with Crippen LogP contribution in [-0.4, -0.2) is 25.8 Å². The van der Waals surface area contributed by atoms with Gasteiger partial charge in [-0.15, -0.1) is 11.6 Å². The van der Waals surface area contributed by atoms with Crippen molar-refractivity contribution in [1.82, 2.24) is 0 Å². The lowest BCUT2D eigenvalue weighted by atomic mass is 10.0. The number of nitrogens with one attached hydrogen (secondary N) is 1. The van der Waals surface area contributed by atoms with Crippen molar-refractivity contribution in [1.29, 1.82) is 0 Å². The van der Waals surface area contributed by atoms with Gasteiger partial charge in [0.05, 0.1) is 5.75 Å².